The van der Waals surface area contributed by atoms with Crippen LogP contribution in [0.1, 0.15) is 16.7 Å². The quantitative estimate of drug-likeness (QED) is 0.146. The van der Waals surface area contributed by atoms with Crippen LogP contribution in [0.25, 0.3) is 6.08 Å². The summed E-state index contributed by atoms with van der Waals surface area (Å²) in [7, 11) is 1.48. The molecule has 3 aromatic rings. The first-order chi connectivity index (χ1) is 17.7. The Morgan fingerprint density at radius 3 is 2.57 bits per heavy atom. The van der Waals surface area contributed by atoms with Gasteiger partial charge in [-0.1, -0.05) is 47.5 Å². The molecule has 0 aromatic heterocycles. The molecule has 12 heteroatoms. The summed E-state index contributed by atoms with van der Waals surface area (Å²) >= 11 is 16.4. The Balaban J connectivity index is 1.55. The molecule has 1 heterocycles. The Labute approximate surface area is 234 Å². The number of carbonyl (C=O) groups excluding carboxylic acids is 2. The molecule has 0 atom stereocenters. The first-order valence-electron chi connectivity index (χ1n) is 10.6. The number of thioether (sulfide) groups is 1. The van der Waals surface area contributed by atoms with Crippen molar-refractivity contribution in [2.45, 2.75) is 13.2 Å². The van der Waals surface area contributed by atoms with Crippen LogP contribution in [-0.4, -0.2) is 28.1 Å². The Kier molecular flexibility index (Phi) is 8.43. The molecule has 0 radical (unpaired) electrons. The van der Waals surface area contributed by atoms with Gasteiger partial charge in [0.05, 0.1) is 28.0 Å². The molecular weight excluding hydrogens is 607 g/mol. The van der Waals surface area contributed by atoms with Gasteiger partial charge in [0, 0.05) is 27.2 Å². The maximum atomic E-state index is 13.0. The van der Waals surface area contributed by atoms with E-state index in [0.29, 0.717) is 31.6 Å². The molecule has 190 valence electrons. The largest absolute Gasteiger partial charge is 0.493 e. The molecule has 0 unspecified atom stereocenters. The number of hydrogen-bond acceptors (Lipinski definition) is 7. The van der Waals surface area contributed by atoms with Gasteiger partial charge in [-0.15, -0.1) is 0 Å². The smallest absolute Gasteiger partial charge is 0.293 e. The first kappa shape index (κ1) is 27.0. The fraction of sp³-hybridized carbons (Fsp3) is 0.120. The minimum atomic E-state index is -0.543. The van der Waals surface area contributed by atoms with Gasteiger partial charge in [0.2, 0.25) is 0 Å². The van der Waals surface area contributed by atoms with Crippen molar-refractivity contribution in [1.82, 2.24) is 4.90 Å². The van der Waals surface area contributed by atoms with Gasteiger partial charge in [-0.3, -0.25) is 24.6 Å². The number of para-hydroxylation sites is 1. The van der Waals surface area contributed by atoms with Crippen molar-refractivity contribution in [2.75, 3.05) is 7.11 Å². The van der Waals surface area contributed by atoms with E-state index in [9.17, 15) is 19.7 Å². The zero-order chi connectivity index (χ0) is 26.7. The van der Waals surface area contributed by atoms with Gasteiger partial charge in [-0.2, -0.15) is 0 Å². The standard InChI is InChI=1S/C25H17BrCl2N2O6S/c1-35-21-9-14(8-18(26)23(21)36-13-16-6-7-17(27)11-19(16)28)10-22-24(31)29(25(32)37-22)12-15-4-2-3-5-20(15)30(33)34/h2-11H,12-13H2,1H3. The van der Waals surface area contributed by atoms with Gasteiger partial charge in [-0.05, 0) is 63.6 Å². The Hall–Kier alpha value is -3.05. The van der Waals surface area contributed by atoms with E-state index in [1.807, 2.05) is 0 Å². The Morgan fingerprint density at radius 1 is 1.11 bits per heavy atom. The fourth-order valence-electron chi connectivity index (χ4n) is 3.53. The van der Waals surface area contributed by atoms with E-state index in [0.717, 1.165) is 22.2 Å². The van der Waals surface area contributed by atoms with E-state index in [1.165, 1.54) is 25.3 Å². The van der Waals surface area contributed by atoms with Gasteiger partial charge in [-0.25, -0.2) is 0 Å². The van der Waals surface area contributed by atoms with E-state index in [4.69, 9.17) is 32.7 Å². The number of rotatable bonds is 8. The summed E-state index contributed by atoms with van der Waals surface area (Å²) in [5.74, 6) is 0.279. The molecule has 2 amide bonds. The van der Waals surface area contributed by atoms with E-state index < -0.39 is 16.1 Å². The summed E-state index contributed by atoms with van der Waals surface area (Å²) in [6.45, 7) is -0.0406. The van der Waals surface area contributed by atoms with Crippen LogP contribution in [0.2, 0.25) is 10.0 Å². The lowest BCUT2D eigenvalue weighted by Gasteiger charge is -2.14. The van der Waals surface area contributed by atoms with Crippen molar-refractivity contribution in [3.05, 3.63) is 101 Å². The van der Waals surface area contributed by atoms with Crippen molar-refractivity contribution in [3.63, 3.8) is 0 Å². The maximum absolute atomic E-state index is 13.0. The molecule has 0 spiro atoms. The monoisotopic (exact) mass is 622 g/mol. The van der Waals surface area contributed by atoms with Crippen molar-refractivity contribution in [2.24, 2.45) is 0 Å². The van der Waals surface area contributed by atoms with Gasteiger partial charge in [0.25, 0.3) is 16.8 Å². The second-order valence-electron chi connectivity index (χ2n) is 7.71. The third-order valence-electron chi connectivity index (χ3n) is 5.33. The molecule has 3 aromatic carbocycles. The number of nitrogens with zero attached hydrogens (tertiary/aromatic N) is 2. The number of nitro groups is 1. The average Bonchev–Trinajstić information content (AvgIpc) is 3.11. The number of benzene rings is 3. The number of ether oxygens (including phenoxy) is 2. The predicted octanol–water partition coefficient (Wildman–Crippen LogP) is 7.49. The van der Waals surface area contributed by atoms with Gasteiger partial charge in [0.15, 0.2) is 11.5 Å². The molecule has 1 aliphatic heterocycles. The lowest BCUT2D eigenvalue weighted by Crippen LogP contribution is -2.27. The van der Waals surface area contributed by atoms with E-state index in [1.54, 1.807) is 42.5 Å². The molecule has 1 fully saturated rings. The topological polar surface area (TPSA) is 99.0 Å². The average molecular weight is 624 g/mol. The lowest BCUT2D eigenvalue weighted by molar-refractivity contribution is -0.385. The third kappa shape index (κ3) is 6.10. The van der Waals surface area contributed by atoms with Crippen LogP contribution in [0.15, 0.2) is 64.0 Å². The number of methoxy groups -OCH3 is 1. The van der Waals surface area contributed by atoms with Crippen LogP contribution >= 0.6 is 50.9 Å². The minimum Gasteiger partial charge on any atom is -0.493 e. The molecule has 0 bridgehead atoms. The Morgan fingerprint density at radius 2 is 1.86 bits per heavy atom. The highest BCUT2D eigenvalue weighted by Gasteiger charge is 2.36. The van der Waals surface area contributed by atoms with Crippen LogP contribution in [0.3, 0.4) is 0 Å². The van der Waals surface area contributed by atoms with Crippen molar-refractivity contribution < 1.29 is 24.0 Å². The minimum absolute atomic E-state index is 0.158. The molecule has 0 aliphatic carbocycles. The van der Waals surface area contributed by atoms with E-state index in [2.05, 4.69) is 15.9 Å². The van der Waals surface area contributed by atoms with Crippen LogP contribution < -0.4 is 9.47 Å². The van der Waals surface area contributed by atoms with Gasteiger partial charge < -0.3 is 9.47 Å². The molecule has 8 nitrogen and oxygen atoms in total. The van der Waals surface area contributed by atoms with Crippen molar-refractivity contribution in [1.29, 1.82) is 0 Å². The zero-order valence-corrected chi connectivity index (χ0v) is 23.0. The number of amides is 2. The fourth-order valence-corrected chi connectivity index (χ4v) is 5.41. The second kappa shape index (κ2) is 11.6. The molecule has 1 saturated heterocycles. The summed E-state index contributed by atoms with van der Waals surface area (Å²) in [4.78, 5) is 37.5. The Bertz CT molecular complexity index is 1450. The summed E-state index contributed by atoms with van der Waals surface area (Å²) in [5, 5.41) is 11.8. The highest BCUT2D eigenvalue weighted by atomic mass is 79.9. The van der Waals surface area contributed by atoms with Gasteiger partial charge in [0.1, 0.15) is 6.61 Å². The van der Waals surface area contributed by atoms with E-state index in [-0.39, 0.29) is 29.3 Å². The van der Waals surface area contributed by atoms with Gasteiger partial charge >= 0.3 is 0 Å². The predicted molar refractivity (Wildman–Crippen MR) is 146 cm³/mol. The normalized spacial score (nSPS) is 14.4. The number of carbonyl (C=O) groups is 2. The highest BCUT2D eigenvalue weighted by Crippen LogP contribution is 2.40. The summed E-state index contributed by atoms with van der Waals surface area (Å²) in [6.07, 6.45) is 1.55. The van der Waals surface area contributed by atoms with Crippen molar-refractivity contribution in [3.8, 4) is 11.5 Å². The van der Waals surface area contributed by atoms with Crippen molar-refractivity contribution >= 4 is 73.8 Å². The zero-order valence-electron chi connectivity index (χ0n) is 19.1. The first-order valence-corrected chi connectivity index (χ1v) is 13.0. The second-order valence-corrected chi connectivity index (χ2v) is 10.4. The lowest BCUT2D eigenvalue weighted by atomic mass is 10.1. The summed E-state index contributed by atoms with van der Waals surface area (Å²) in [6, 6.07) is 14.5. The number of nitro benzene ring substituents is 1. The SMILES string of the molecule is COc1cc(C=C2SC(=O)N(Cc3ccccc3[N+](=O)[O-])C2=O)cc(Br)c1OCc1ccc(Cl)cc1Cl. The van der Waals surface area contributed by atoms with Crippen LogP contribution in [0, 0.1) is 10.1 Å². The third-order valence-corrected chi connectivity index (χ3v) is 7.41. The van der Waals surface area contributed by atoms with Crippen LogP contribution in [-0.2, 0) is 17.9 Å². The number of imide groups is 1. The number of halogens is 3. The molecule has 4 rings (SSSR count). The molecule has 0 saturated carbocycles. The van der Waals surface area contributed by atoms with E-state index >= 15 is 0 Å². The van der Waals surface area contributed by atoms with Crippen LogP contribution in [0.5, 0.6) is 11.5 Å². The maximum Gasteiger partial charge on any atom is 0.293 e. The van der Waals surface area contributed by atoms with Crippen LogP contribution in [0.4, 0.5) is 10.5 Å². The highest BCUT2D eigenvalue weighted by molar-refractivity contribution is 9.10. The summed E-state index contributed by atoms with van der Waals surface area (Å²) < 4.78 is 12.0. The molecule has 37 heavy (non-hydrogen) atoms. The molecule has 1 aliphatic rings. The molecule has 0 N–H and O–H groups in total. The summed E-state index contributed by atoms with van der Waals surface area (Å²) in [5.41, 5.74) is 1.42. The number of hydrogen-bond donors (Lipinski definition) is 0. The molecular formula is C25H17BrCl2N2O6S.